The standard InChI is InChI=1S/C20H24FN3O.2ClH/c21-17-6-8-18(9-7-17)24-11-10-15(14-24)13-23-20(25)12-19(22)16-4-2-1-3-5-16;;/h1-9,15,19H,10-14,22H2,(H,23,25);2*1H. The fourth-order valence-corrected chi connectivity index (χ4v) is 3.23. The minimum atomic E-state index is -0.277. The monoisotopic (exact) mass is 413 g/mol. The van der Waals surface area contributed by atoms with Crippen LogP contribution in [0.3, 0.4) is 0 Å². The minimum Gasteiger partial charge on any atom is -0.371 e. The molecule has 2 unspecified atom stereocenters. The van der Waals surface area contributed by atoms with Crippen molar-refractivity contribution < 1.29 is 9.18 Å². The van der Waals surface area contributed by atoms with Crippen LogP contribution < -0.4 is 16.0 Å². The van der Waals surface area contributed by atoms with Crippen LogP contribution in [-0.4, -0.2) is 25.5 Å². The molecular formula is C20H26Cl2FN3O. The Hall–Kier alpha value is -1.82. The molecule has 1 aliphatic rings. The van der Waals surface area contributed by atoms with Crippen molar-refractivity contribution in [2.24, 2.45) is 11.7 Å². The Morgan fingerprint density at radius 3 is 2.48 bits per heavy atom. The van der Waals surface area contributed by atoms with E-state index < -0.39 is 0 Å². The molecule has 7 heteroatoms. The summed E-state index contributed by atoms with van der Waals surface area (Å²) < 4.78 is 13.0. The maximum absolute atomic E-state index is 13.0. The van der Waals surface area contributed by atoms with Gasteiger partial charge in [-0.25, -0.2) is 4.39 Å². The number of nitrogens with two attached hydrogens (primary N) is 1. The van der Waals surface area contributed by atoms with E-state index in [2.05, 4.69) is 10.2 Å². The molecule has 0 saturated carbocycles. The molecule has 2 aromatic carbocycles. The number of nitrogens with zero attached hydrogens (tertiary/aromatic N) is 1. The number of rotatable bonds is 6. The second-order valence-electron chi connectivity index (χ2n) is 6.60. The predicted molar refractivity (Wildman–Crippen MR) is 112 cm³/mol. The van der Waals surface area contributed by atoms with Crippen molar-refractivity contribution in [3.05, 3.63) is 66.0 Å². The van der Waals surface area contributed by atoms with Gasteiger partial charge in [-0.3, -0.25) is 4.79 Å². The van der Waals surface area contributed by atoms with Crippen molar-refractivity contribution in [2.45, 2.75) is 18.9 Å². The predicted octanol–water partition coefficient (Wildman–Crippen LogP) is 3.70. The largest absolute Gasteiger partial charge is 0.371 e. The molecule has 3 N–H and O–H groups in total. The van der Waals surface area contributed by atoms with Gasteiger partial charge in [-0.2, -0.15) is 0 Å². The highest BCUT2D eigenvalue weighted by Gasteiger charge is 2.23. The molecule has 3 rings (SSSR count). The lowest BCUT2D eigenvalue weighted by Crippen LogP contribution is -2.32. The van der Waals surface area contributed by atoms with E-state index in [0.717, 1.165) is 30.8 Å². The molecule has 1 amide bonds. The van der Waals surface area contributed by atoms with Crippen LogP contribution in [0.5, 0.6) is 0 Å². The summed E-state index contributed by atoms with van der Waals surface area (Å²) in [7, 11) is 0. The summed E-state index contributed by atoms with van der Waals surface area (Å²) >= 11 is 0. The van der Waals surface area contributed by atoms with E-state index in [4.69, 9.17) is 5.73 Å². The number of halogens is 3. The zero-order valence-corrected chi connectivity index (χ0v) is 16.6. The number of hydrogen-bond acceptors (Lipinski definition) is 3. The summed E-state index contributed by atoms with van der Waals surface area (Å²) in [6, 6.07) is 16.0. The van der Waals surface area contributed by atoms with Crippen LogP contribution >= 0.6 is 24.8 Å². The van der Waals surface area contributed by atoms with Crippen molar-refractivity contribution in [1.29, 1.82) is 0 Å². The molecule has 2 atom stereocenters. The van der Waals surface area contributed by atoms with E-state index in [1.807, 2.05) is 30.3 Å². The average Bonchev–Trinajstić information content (AvgIpc) is 3.10. The molecular weight excluding hydrogens is 388 g/mol. The molecule has 27 heavy (non-hydrogen) atoms. The third kappa shape index (κ3) is 6.69. The summed E-state index contributed by atoms with van der Waals surface area (Å²) in [5.74, 6) is 0.167. The fourth-order valence-electron chi connectivity index (χ4n) is 3.23. The maximum atomic E-state index is 13.0. The second-order valence-corrected chi connectivity index (χ2v) is 6.60. The van der Waals surface area contributed by atoms with Gasteiger partial charge in [-0.1, -0.05) is 30.3 Å². The number of nitrogens with one attached hydrogen (secondary N) is 1. The Morgan fingerprint density at radius 2 is 1.81 bits per heavy atom. The van der Waals surface area contributed by atoms with E-state index in [-0.39, 0.29) is 42.6 Å². The molecule has 1 aliphatic heterocycles. The quantitative estimate of drug-likeness (QED) is 0.758. The minimum absolute atomic E-state index is 0. The SMILES string of the molecule is Cl.Cl.NC(CC(=O)NCC1CCN(c2ccc(F)cc2)C1)c1ccccc1. The lowest BCUT2D eigenvalue weighted by molar-refractivity contribution is -0.121. The van der Waals surface area contributed by atoms with E-state index >= 15 is 0 Å². The summed E-state index contributed by atoms with van der Waals surface area (Å²) in [4.78, 5) is 14.4. The van der Waals surface area contributed by atoms with Gasteiger partial charge >= 0.3 is 0 Å². The van der Waals surface area contributed by atoms with Gasteiger partial charge in [0, 0.05) is 37.8 Å². The molecule has 0 radical (unpaired) electrons. The summed E-state index contributed by atoms with van der Waals surface area (Å²) in [5.41, 5.74) is 8.09. The lowest BCUT2D eigenvalue weighted by Gasteiger charge is -2.19. The summed E-state index contributed by atoms with van der Waals surface area (Å²) in [6.45, 7) is 2.45. The third-order valence-corrected chi connectivity index (χ3v) is 4.70. The number of carbonyl (C=O) groups is 1. The number of anilines is 1. The highest BCUT2D eigenvalue weighted by Crippen LogP contribution is 2.23. The molecule has 2 aromatic rings. The van der Waals surface area contributed by atoms with Gasteiger partial charge in [0.1, 0.15) is 5.82 Å². The number of carbonyl (C=O) groups excluding carboxylic acids is 1. The molecule has 0 spiro atoms. The molecule has 4 nitrogen and oxygen atoms in total. The molecule has 1 fully saturated rings. The van der Waals surface area contributed by atoms with Crippen LogP contribution in [0.2, 0.25) is 0 Å². The van der Waals surface area contributed by atoms with Gasteiger partial charge in [0.15, 0.2) is 0 Å². The second kappa shape index (κ2) is 11.1. The van der Waals surface area contributed by atoms with Crippen LogP contribution in [0.15, 0.2) is 54.6 Å². The first-order valence-electron chi connectivity index (χ1n) is 8.69. The Morgan fingerprint density at radius 1 is 1.15 bits per heavy atom. The Bertz CT molecular complexity index is 700. The van der Waals surface area contributed by atoms with Crippen molar-refractivity contribution in [3.8, 4) is 0 Å². The van der Waals surface area contributed by atoms with Crippen molar-refractivity contribution >= 4 is 36.4 Å². The van der Waals surface area contributed by atoms with Crippen LogP contribution in [0, 0.1) is 11.7 Å². The maximum Gasteiger partial charge on any atom is 0.221 e. The average molecular weight is 414 g/mol. The Kier molecular flexibility index (Phi) is 9.56. The summed E-state index contributed by atoms with van der Waals surface area (Å²) in [5, 5.41) is 3.00. The first kappa shape index (κ1) is 23.2. The number of benzene rings is 2. The zero-order chi connectivity index (χ0) is 17.6. The van der Waals surface area contributed by atoms with E-state index in [0.29, 0.717) is 18.9 Å². The Balaban J connectivity index is 0.00000182. The van der Waals surface area contributed by atoms with Crippen LogP contribution in [-0.2, 0) is 4.79 Å². The number of hydrogen-bond donors (Lipinski definition) is 2. The molecule has 148 valence electrons. The van der Waals surface area contributed by atoms with Gasteiger partial charge < -0.3 is 16.0 Å². The molecule has 0 aromatic heterocycles. The Labute approximate surface area is 172 Å². The lowest BCUT2D eigenvalue weighted by atomic mass is 10.0. The summed E-state index contributed by atoms with van der Waals surface area (Å²) in [6.07, 6.45) is 1.31. The van der Waals surface area contributed by atoms with Crippen LogP contribution in [0.4, 0.5) is 10.1 Å². The zero-order valence-electron chi connectivity index (χ0n) is 15.0. The van der Waals surface area contributed by atoms with Gasteiger partial charge in [0.05, 0.1) is 0 Å². The first-order valence-corrected chi connectivity index (χ1v) is 8.69. The van der Waals surface area contributed by atoms with Crippen LogP contribution in [0.25, 0.3) is 0 Å². The normalized spacial score (nSPS) is 16.8. The highest BCUT2D eigenvalue weighted by atomic mass is 35.5. The molecule has 1 heterocycles. The van der Waals surface area contributed by atoms with Crippen molar-refractivity contribution in [2.75, 3.05) is 24.5 Å². The first-order chi connectivity index (χ1) is 12.1. The van der Waals surface area contributed by atoms with E-state index in [1.165, 1.54) is 12.1 Å². The van der Waals surface area contributed by atoms with Gasteiger partial charge in [-0.05, 0) is 42.2 Å². The van der Waals surface area contributed by atoms with Gasteiger partial charge in [0.2, 0.25) is 5.91 Å². The number of amides is 1. The fraction of sp³-hybridized carbons (Fsp3) is 0.350. The van der Waals surface area contributed by atoms with Crippen molar-refractivity contribution in [3.63, 3.8) is 0 Å². The van der Waals surface area contributed by atoms with E-state index in [1.54, 1.807) is 12.1 Å². The third-order valence-electron chi connectivity index (χ3n) is 4.70. The van der Waals surface area contributed by atoms with Gasteiger partial charge in [0.25, 0.3) is 0 Å². The molecule has 0 bridgehead atoms. The molecule has 1 saturated heterocycles. The van der Waals surface area contributed by atoms with Crippen LogP contribution in [0.1, 0.15) is 24.4 Å². The smallest absolute Gasteiger partial charge is 0.221 e. The molecule has 0 aliphatic carbocycles. The van der Waals surface area contributed by atoms with Gasteiger partial charge in [-0.15, -0.1) is 24.8 Å². The van der Waals surface area contributed by atoms with Crippen molar-refractivity contribution in [1.82, 2.24) is 5.32 Å². The highest BCUT2D eigenvalue weighted by molar-refractivity contribution is 5.85. The topological polar surface area (TPSA) is 58.4 Å². The van der Waals surface area contributed by atoms with E-state index in [9.17, 15) is 9.18 Å².